The van der Waals surface area contributed by atoms with Crippen LogP contribution in [-0.2, 0) is 6.54 Å². The van der Waals surface area contributed by atoms with Crippen molar-refractivity contribution >= 4 is 27.5 Å². The summed E-state index contributed by atoms with van der Waals surface area (Å²) >= 11 is 3.40. The molecule has 1 amide bonds. The van der Waals surface area contributed by atoms with Gasteiger partial charge in [-0.3, -0.25) is 4.79 Å². The molecule has 0 saturated heterocycles. The fourth-order valence-electron chi connectivity index (χ4n) is 2.00. The van der Waals surface area contributed by atoms with Gasteiger partial charge in [0.1, 0.15) is 0 Å². The third-order valence-electron chi connectivity index (χ3n) is 3.18. The van der Waals surface area contributed by atoms with E-state index in [-0.39, 0.29) is 5.91 Å². The van der Waals surface area contributed by atoms with Gasteiger partial charge in [0.25, 0.3) is 5.91 Å². The van der Waals surface area contributed by atoms with Crippen LogP contribution in [0.25, 0.3) is 0 Å². The summed E-state index contributed by atoms with van der Waals surface area (Å²) in [5.41, 5.74) is 9.14. The molecule has 0 saturated carbocycles. The molecule has 0 atom stereocenters. The van der Waals surface area contributed by atoms with Crippen LogP contribution in [0, 0.1) is 6.92 Å². The summed E-state index contributed by atoms with van der Waals surface area (Å²) in [7, 11) is 1.80. The highest BCUT2D eigenvalue weighted by Gasteiger charge is 2.14. The largest absolute Gasteiger partial charge is 0.399 e. The van der Waals surface area contributed by atoms with Gasteiger partial charge in [-0.2, -0.15) is 0 Å². The van der Waals surface area contributed by atoms with E-state index in [2.05, 4.69) is 15.9 Å². The predicted octanol–water partition coefficient (Wildman–Crippen LogP) is 3.61. The number of hydrogen-bond acceptors (Lipinski definition) is 2. The maximum absolute atomic E-state index is 12.5. The highest BCUT2D eigenvalue weighted by molar-refractivity contribution is 9.10. The quantitative estimate of drug-likeness (QED) is 0.872. The monoisotopic (exact) mass is 332 g/mol. The third-order valence-corrected chi connectivity index (χ3v) is 3.67. The minimum atomic E-state index is 0.0145. The number of carbonyl (C=O) groups is 1. The molecule has 0 unspecified atom stereocenters. The Morgan fingerprint density at radius 1 is 1.20 bits per heavy atom. The maximum Gasteiger partial charge on any atom is 0.254 e. The fourth-order valence-corrected chi connectivity index (χ4v) is 2.36. The van der Waals surface area contributed by atoms with Gasteiger partial charge in [0, 0.05) is 29.3 Å². The minimum Gasteiger partial charge on any atom is -0.399 e. The first-order valence-corrected chi connectivity index (χ1v) is 7.12. The highest BCUT2D eigenvalue weighted by Crippen LogP contribution is 2.18. The van der Waals surface area contributed by atoms with Gasteiger partial charge in [-0.1, -0.05) is 34.1 Å². The van der Waals surface area contributed by atoms with Gasteiger partial charge in [-0.15, -0.1) is 0 Å². The number of anilines is 1. The second-order valence-corrected chi connectivity index (χ2v) is 5.78. The number of hydrogen-bond donors (Lipinski definition) is 1. The Morgan fingerprint density at radius 2 is 1.85 bits per heavy atom. The van der Waals surface area contributed by atoms with Crippen molar-refractivity contribution in [3.8, 4) is 0 Å². The molecule has 0 aliphatic rings. The van der Waals surface area contributed by atoms with Crippen molar-refractivity contribution < 1.29 is 4.79 Å². The van der Waals surface area contributed by atoms with Crippen LogP contribution in [0.2, 0.25) is 0 Å². The van der Waals surface area contributed by atoms with Crippen LogP contribution in [0.1, 0.15) is 21.5 Å². The van der Waals surface area contributed by atoms with Crippen LogP contribution in [-0.4, -0.2) is 17.9 Å². The van der Waals surface area contributed by atoms with E-state index in [1.54, 1.807) is 11.9 Å². The van der Waals surface area contributed by atoms with Gasteiger partial charge >= 0.3 is 0 Å². The number of aryl methyl sites for hydroxylation is 1. The van der Waals surface area contributed by atoms with E-state index in [9.17, 15) is 4.79 Å². The normalized spacial score (nSPS) is 10.3. The Balaban J connectivity index is 2.16. The molecule has 104 valence electrons. The van der Waals surface area contributed by atoms with Crippen molar-refractivity contribution in [1.82, 2.24) is 4.90 Å². The number of nitrogens with zero attached hydrogens (tertiary/aromatic N) is 1. The van der Waals surface area contributed by atoms with Gasteiger partial charge in [0.05, 0.1) is 0 Å². The first-order chi connectivity index (χ1) is 9.47. The fraction of sp³-hybridized carbons (Fsp3) is 0.188. The summed E-state index contributed by atoms with van der Waals surface area (Å²) in [6, 6.07) is 13.3. The topological polar surface area (TPSA) is 46.3 Å². The Bertz CT molecular complexity index is 623. The van der Waals surface area contributed by atoms with Crippen LogP contribution < -0.4 is 5.73 Å². The zero-order valence-corrected chi connectivity index (χ0v) is 13.1. The van der Waals surface area contributed by atoms with E-state index in [1.807, 2.05) is 49.4 Å². The lowest BCUT2D eigenvalue weighted by Gasteiger charge is -2.18. The minimum absolute atomic E-state index is 0.0145. The lowest BCUT2D eigenvalue weighted by atomic mass is 10.1. The zero-order chi connectivity index (χ0) is 14.7. The zero-order valence-electron chi connectivity index (χ0n) is 11.6. The molecule has 20 heavy (non-hydrogen) atoms. The van der Waals surface area contributed by atoms with Gasteiger partial charge in [0.15, 0.2) is 0 Å². The van der Waals surface area contributed by atoms with E-state index in [4.69, 9.17) is 5.73 Å². The summed E-state index contributed by atoms with van der Waals surface area (Å²) in [5, 5.41) is 0. The first kappa shape index (κ1) is 14.6. The van der Waals surface area contributed by atoms with Crippen molar-refractivity contribution in [2.24, 2.45) is 0 Å². The van der Waals surface area contributed by atoms with Crippen molar-refractivity contribution in [3.05, 3.63) is 63.6 Å². The summed E-state index contributed by atoms with van der Waals surface area (Å²) in [6.07, 6.45) is 0. The maximum atomic E-state index is 12.5. The summed E-state index contributed by atoms with van der Waals surface area (Å²) in [5.74, 6) is 0.0145. The molecule has 0 bridgehead atoms. The molecule has 0 radical (unpaired) electrons. The third kappa shape index (κ3) is 3.39. The van der Waals surface area contributed by atoms with Crippen LogP contribution in [0.3, 0.4) is 0 Å². The molecule has 2 rings (SSSR count). The van der Waals surface area contributed by atoms with Gasteiger partial charge in [-0.25, -0.2) is 0 Å². The molecular weight excluding hydrogens is 316 g/mol. The number of amides is 1. The second kappa shape index (κ2) is 6.09. The Morgan fingerprint density at radius 3 is 2.50 bits per heavy atom. The van der Waals surface area contributed by atoms with Crippen molar-refractivity contribution in [3.63, 3.8) is 0 Å². The molecular formula is C16H17BrN2O. The van der Waals surface area contributed by atoms with Crippen LogP contribution in [0.15, 0.2) is 46.9 Å². The van der Waals surface area contributed by atoms with E-state index in [1.165, 1.54) is 0 Å². The van der Waals surface area contributed by atoms with E-state index in [0.717, 1.165) is 26.9 Å². The molecule has 2 N–H and O–H groups in total. The van der Waals surface area contributed by atoms with Crippen molar-refractivity contribution in [1.29, 1.82) is 0 Å². The van der Waals surface area contributed by atoms with Gasteiger partial charge in [0.2, 0.25) is 0 Å². The molecule has 0 fully saturated rings. The Hall–Kier alpha value is -1.81. The van der Waals surface area contributed by atoms with Crippen molar-refractivity contribution in [2.45, 2.75) is 13.5 Å². The van der Waals surface area contributed by atoms with Crippen molar-refractivity contribution in [2.75, 3.05) is 12.8 Å². The molecule has 0 aliphatic heterocycles. The molecule has 0 aromatic heterocycles. The molecule has 0 spiro atoms. The number of halogens is 1. The van der Waals surface area contributed by atoms with Crippen LogP contribution in [0.4, 0.5) is 5.69 Å². The van der Waals surface area contributed by atoms with Crippen LogP contribution >= 0.6 is 15.9 Å². The average molecular weight is 333 g/mol. The lowest BCUT2D eigenvalue weighted by molar-refractivity contribution is 0.0784. The number of benzene rings is 2. The Labute approximate surface area is 127 Å². The van der Waals surface area contributed by atoms with Gasteiger partial charge in [-0.05, 0) is 42.3 Å². The number of nitrogens with two attached hydrogens (primary N) is 1. The highest BCUT2D eigenvalue weighted by atomic mass is 79.9. The summed E-state index contributed by atoms with van der Waals surface area (Å²) in [4.78, 5) is 14.2. The smallest absolute Gasteiger partial charge is 0.254 e. The molecule has 3 nitrogen and oxygen atoms in total. The van der Waals surface area contributed by atoms with E-state index >= 15 is 0 Å². The molecule has 0 heterocycles. The molecule has 4 heteroatoms. The lowest BCUT2D eigenvalue weighted by Crippen LogP contribution is -2.26. The van der Waals surface area contributed by atoms with Gasteiger partial charge < -0.3 is 10.6 Å². The standard InChI is InChI=1S/C16H17BrN2O/c1-11-3-6-13(17)9-15(11)16(20)19(2)10-12-4-7-14(18)8-5-12/h3-9H,10,18H2,1-2H3. The van der Waals surface area contributed by atoms with E-state index < -0.39 is 0 Å². The van der Waals surface area contributed by atoms with E-state index in [0.29, 0.717) is 6.54 Å². The summed E-state index contributed by atoms with van der Waals surface area (Å²) in [6.45, 7) is 2.50. The van der Waals surface area contributed by atoms with Crippen LogP contribution in [0.5, 0.6) is 0 Å². The number of nitrogen functional groups attached to an aromatic ring is 1. The Kier molecular flexibility index (Phi) is 4.45. The second-order valence-electron chi connectivity index (χ2n) is 4.86. The number of rotatable bonds is 3. The average Bonchev–Trinajstić information content (AvgIpc) is 2.43. The molecule has 2 aromatic rings. The summed E-state index contributed by atoms with van der Waals surface area (Å²) < 4.78 is 0.910. The first-order valence-electron chi connectivity index (χ1n) is 6.33. The molecule has 0 aliphatic carbocycles. The SMILES string of the molecule is Cc1ccc(Br)cc1C(=O)N(C)Cc1ccc(N)cc1. The predicted molar refractivity (Wildman–Crippen MR) is 85.5 cm³/mol. The number of carbonyl (C=O) groups excluding carboxylic acids is 1. The molecule has 2 aromatic carbocycles.